The van der Waals surface area contributed by atoms with Gasteiger partial charge in [0, 0.05) is 5.56 Å². The molecule has 130 valence electrons. The molecule has 26 heavy (non-hydrogen) atoms. The third kappa shape index (κ3) is 3.39. The summed E-state index contributed by atoms with van der Waals surface area (Å²) in [4.78, 5) is 4.54. The van der Waals surface area contributed by atoms with Crippen LogP contribution in [0.3, 0.4) is 0 Å². The van der Waals surface area contributed by atoms with E-state index in [0.29, 0.717) is 0 Å². The van der Waals surface area contributed by atoms with Crippen molar-refractivity contribution in [1.82, 2.24) is 4.98 Å². The average Bonchev–Trinajstić information content (AvgIpc) is 3.05. The lowest BCUT2D eigenvalue weighted by atomic mass is 10.0. The van der Waals surface area contributed by atoms with Crippen molar-refractivity contribution in [2.24, 2.45) is 5.10 Å². The summed E-state index contributed by atoms with van der Waals surface area (Å²) in [6, 6.07) is 20.4. The molecule has 0 fully saturated rings. The summed E-state index contributed by atoms with van der Waals surface area (Å²) in [6.07, 6.45) is 1.91. The topological polar surface area (TPSA) is 46.5 Å². The Balaban J connectivity index is 1.67. The van der Waals surface area contributed by atoms with Gasteiger partial charge in [0.15, 0.2) is 0 Å². The third-order valence-electron chi connectivity index (χ3n) is 3.94. The van der Waals surface area contributed by atoms with Crippen LogP contribution in [0.5, 0.6) is 5.75 Å². The number of rotatable bonds is 5. The van der Waals surface area contributed by atoms with Crippen LogP contribution in [0.1, 0.15) is 19.4 Å². The Kier molecular flexibility index (Phi) is 4.54. The maximum absolute atomic E-state index is 5.97. The number of thiazole rings is 1. The monoisotopic (exact) mass is 361 g/mol. The van der Waals surface area contributed by atoms with Crippen LogP contribution in [0.4, 0.5) is 5.13 Å². The number of fused-ring (bicyclic) bond motifs is 2. The Morgan fingerprint density at radius 2 is 1.85 bits per heavy atom. The Hall–Kier alpha value is -2.92. The Labute approximate surface area is 156 Å². The van der Waals surface area contributed by atoms with Crippen LogP contribution >= 0.6 is 11.3 Å². The molecule has 0 spiro atoms. The minimum atomic E-state index is 0.0977. The molecule has 0 bridgehead atoms. The summed E-state index contributed by atoms with van der Waals surface area (Å²) in [5.74, 6) is 0.827. The van der Waals surface area contributed by atoms with E-state index in [1.165, 1.54) is 0 Å². The number of hydrazone groups is 1. The summed E-state index contributed by atoms with van der Waals surface area (Å²) in [5, 5.41) is 7.46. The van der Waals surface area contributed by atoms with Gasteiger partial charge in [0.25, 0.3) is 0 Å². The molecule has 0 unspecified atom stereocenters. The zero-order chi connectivity index (χ0) is 17.9. The lowest BCUT2D eigenvalue weighted by molar-refractivity contribution is 0.242. The van der Waals surface area contributed by atoms with Gasteiger partial charge in [-0.25, -0.2) is 4.98 Å². The molecule has 1 heterocycles. The van der Waals surface area contributed by atoms with E-state index >= 15 is 0 Å². The van der Waals surface area contributed by atoms with E-state index in [2.05, 4.69) is 39.8 Å². The van der Waals surface area contributed by atoms with Gasteiger partial charge in [-0.05, 0) is 42.8 Å². The van der Waals surface area contributed by atoms with Gasteiger partial charge in [0.05, 0.1) is 22.5 Å². The smallest absolute Gasteiger partial charge is 0.204 e. The molecule has 0 saturated heterocycles. The Bertz CT molecular complexity index is 1050. The number of hydrogen-bond acceptors (Lipinski definition) is 5. The number of anilines is 1. The van der Waals surface area contributed by atoms with Crippen molar-refractivity contribution >= 4 is 43.7 Å². The summed E-state index contributed by atoms with van der Waals surface area (Å²) >= 11 is 1.58. The van der Waals surface area contributed by atoms with Gasteiger partial charge in [-0.1, -0.05) is 53.8 Å². The summed E-state index contributed by atoms with van der Waals surface area (Å²) in [5.41, 5.74) is 4.99. The van der Waals surface area contributed by atoms with Crippen molar-refractivity contribution in [3.05, 3.63) is 66.2 Å². The standard InChI is InChI=1S/C21H19N3OS/c1-14(2)25-19-12-11-15-7-3-4-8-16(15)17(19)13-22-24-21-23-18-9-5-6-10-20(18)26-21/h3-14H,1-2H3,(H,23,24)/b22-13+. The second-order valence-corrected chi connectivity index (χ2v) is 7.25. The van der Waals surface area contributed by atoms with Gasteiger partial charge in [0.1, 0.15) is 5.75 Å². The number of para-hydroxylation sites is 1. The minimum absolute atomic E-state index is 0.0977. The first-order chi connectivity index (χ1) is 12.7. The number of nitrogens with one attached hydrogen (secondary N) is 1. The molecular formula is C21H19N3OS. The number of ether oxygens (including phenoxy) is 1. The molecule has 0 atom stereocenters. The van der Waals surface area contributed by atoms with Crippen LogP contribution in [0, 0.1) is 0 Å². The zero-order valence-electron chi connectivity index (χ0n) is 14.6. The van der Waals surface area contributed by atoms with Crippen molar-refractivity contribution in [3.8, 4) is 5.75 Å². The fraction of sp³-hybridized carbons (Fsp3) is 0.143. The van der Waals surface area contributed by atoms with E-state index in [1.807, 2.05) is 56.5 Å². The predicted molar refractivity (Wildman–Crippen MR) is 111 cm³/mol. The number of nitrogens with zero attached hydrogens (tertiary/aromatic N) is 2. The van der Waals surface area contributed by atoms with Crippen LogP contribution in [-0.2, 0) is 0 Å². The summed E-state index contributed by atoms with van der Waals surface area (Å²) in [7, 11) is 0. The Morgan fingerprint density at radius 1 is 1.04 bits per heavy atom. The first-order valence-electron chi connectivity index (χ1n) is 8.54. The molecule has 0 radical (unpaired) electrons. The van der Waals surface area contributed by atoms with Crippen LogP contribution in [-0.4, -0.2) is 17.3 Å². The minimum Gasteiger partial charge on any atom is -0.490 e. The molecule has 1 aromatic heterocycles. The SMILES string of the molecule is CC(C)Oc1ccc2ccccc2c1/C=N/Nc1nc2ccccc2s1. The van der Waals surface area contributed by atoms with Crippen molar-refractivity contribution in [3.63, 3.8) is 0 Å². The van der Waals surface area contributed by atoms with Gasteiger partial charge in [-0.15, -0.1) is 0 Å². The second kappa shape index (κ2) is 7.14. The second-order valence-electron chi connectivity index (χ2n) is 6.22. The van der Waals surface area contributed by atoms with Gasteiger partial charge < -0.3 is 4.74 Å². The van der Waals surface area contributed by atoms with E-state index in [9.17, 15) is 0 Å². The van der Waals surface area contributed by atoms with Crippen molar-refractivity contribution in [2.45, 2.75) is 20.0 Å². The van der Waals surface area contributed by atoms with Gasteiger partial charge >= 0.3 is 0 Å². The summed E-state index contributed by atoms with van der Waals surface area (Å²) in [6.45, 7) is 4.05. The van der Waals surface area contributed by atoms with E-state index in [4.69, 9.17) is 4.74 Å². The molecule has 4 rings (SSSR count). The lowest BCUT2D eigenvalue weighted by Crippen LogP contribution is -2.08. The van der Waals surface area contributed by atoms with Crippen LogP contribution < -0.4 is 10.2 Å². The first-order valence-corrected chi connectivity index (χ1v) is 9.35. The van der Waals surface area contributed by atoms with Gasteiger partial charge in [-0.2, -0.15) is 5.10 Å². The maximum atomic E-state index is 5.97. The zero-order valence-corrected chi connectivity index (χ0v) is 15.5. The third-order valence-corrected chi connectivity index (χ3v) is 4.88. The van der Waals surface area contributed by atoms with Crippen LogP contribution in [0.15, 0.2) is 65.8 Å². The first kappa shape index (κ1) is 16.5. The van der Waals surface area contributed by atoms with E-state index < -0.39 is 0 Å². The molecule has 4 aromatic rings. The number of aromatic nitrogens is 1. The highest BCUT2D eigenvalue weighted by Crippen LogP contribution is 2.28. The van der Waals surface area contributed by atoms with Gasteiger partial charge in [0.2, 0.25) is 5.13 Å². The molecule has 0 aliphatic carbocycles. The highest BCUT2D eigenvalue weighted by atomic mass is 32.1. The van der Waals surface area contributed by atoms with E-state index in [0.717, 1.165) is 37.4 Å². The van der Waals surface area contributed by atoms with Crippen molar-refractivity contribution in [2.75, 3.05) is 5.43 Å². The quantitative estimate of drug-likeness (QED) is 0.367. The molecule has 0 aliphatic heterocycles. The highest BCUT2D eigenvalue weighted by molar-refractivity contribution is 7.22. The Morgan fingerprint density at radius 3 is 2.69 bits per heavy atom. The van der Waals surface area contributed by atoms with Crippen LogP contribution in [0.2, 0.25) is 0 Å². The molecule has 0 amide bonds. The van der Waals surface area contributed by atoms with Crippen molar-refractivity contribution in [1.29, 1.82) is 0 Å². The predicted octanol–water partition coefficient (Wildman–Crippen LogP) is 5.68. The molecule has 0 aliphatic rings. The molecular weight excluding hydrogens is 342 g/mol. The number of benzene rings is 3. The fourth-order valence-electron chi connectivity index (χ4n) is 2.84. The van der Waals surface area contributed by atoms with E-state index in [-0.39, 0.29) is 6.10 Å². The maximum Gasteiger partial charge on any atom is 0.204 e. The van der Waals surface area contributed by atoms with Gasteiger partial charge in [-0.3, -0.25) is 5.43 Å². The van der Waals surface area contributed by atoms with E-state index in [1.54, 1.807) is 11.3 Å². The highest BCUT2D eigenvalue weighted by Gasteiger charge is 2.09. The summed E-state index contributed by atoms with van der Waals surface area (Å²) < 4.78 is 7.11. The van der Waals surface area contributed by atoms with Crippen molar-refractivity contribution < 1.29 is 4.74 Å². The largest absolute Gasteiger partial charge is 0.490 e. The lowest BCUT2D eigenvalue weighted by Gasteiger charge is -2.14. The fourth-order valence-corrected chi connectivity index (χ4v) is 3.65. The molecule has 1 N–H and O–H groups in total. The molecule has 4 nitrogen and oxygen atoms in total. The number of hydrogen-bond donors (Lipinski definition) is 1. The molecule has 0 saturated carbocycles. The normalized spacial score (nSPS) is 11.7. The average molecular weight is 361 g/mol. The van der Waals surface area contributed by atoms with Crippen LogP contribution in [0.25, 0.3) is 21.0 Å². The molecule has 5 heteroatoms. The molecule has 3 aromatic carbocycles.